The highest BCUT2D eigenvalue weighted by atomic mass is 32.1. The summed E-state index contributed by atoms with van der Waals surface area (Å²) < 4.78 is 10.2. The number of anilines is 1. The number of rotatable bonds is 7. The van der Waals surface area contributed by atoms with E-state index in [9.17, 15) is 14.4 Å². The normalized spacial score (nSPS) is 11.3. The molecule has 0 radical (unpaired) electrons. The largest absolute Gasteiger partial charge is 0.494 e. The Morgan fingerprint density at radius 1 is 1.17 bits per heavy atom. The van der Waals surface area contributed by atoms with Crippen LogP contribution in [0.5, 0.6) is 5.75 Å². The molecule has 4 heterocycles. The Kier molecular flexibility index (Phi) is 6.10. The van der Waals surface area contributed by atoms with Crippen LogP contribution in [0, 0.1) is 0 Å². The van der Waals surface area contributed by atoms with Gasteiger partial charge in [0, 0.05) is 26.5 Å². The standard InChI is InChI=1S/C24H23N7O4S/c1-4-35-16-7-8-17-18(10-16)36-23(27-17)31(12-15-6-5-9-25-11-15)19(32)13-30-14-26-21-20(30)22(33)29(3)24(34)28(21)2/h5-11,14H,4,12-13H2,1-3H3. The third kappa shape index (κ3) is 4.15. The maximum absolute atomic E-state index is 13.7. The molecular formula is C24H23N7O4S. The van der Waals surface area contributed by atoms with Crippen LogP contribution in [0.1, 0.15) is 12.5 Å². The van der Waals surface area contributed by atoms with E-state index >= 15 is 0 Å². The molecule has 0 bridgehead atoms. The fourth-order valence-electron chi connectivity index (χ4n) is 3.95. The topological polar surface area (TPSA) is 117 Å². The highest BCUT2D eigenvalue weighted by Crippen LogP contribution is 2.32. The van der Waals surface area contributed by atoms with Gasteiger partial charge in [-0.1, -0.05) is 17.4 Å². The summed E-state index contributed by atoms with van der Waals surface area (Å²) in [6.07, 6.45) is 4.76. The molecule has 0 saturated carbocycles. The number of aryl methyl sites for hydroxylation is 1. The molecule has 5 rings (SSSR count). The van der Waals surface area contributed by atoms with Crippen LogP contribution >= 0.6 is 11.3 Å². The van der Waals surface area contributed by atoms with Crippen LogP contribution in [0.3, 0.4) is 0 Å². The van der Waals surface area contributed by atoms with Gasteiger partial charge in [0.1, 0.15) is 12.3 Å². The Morgan fingerprint density at radius 2 is 2.00 bits per heavy atom. The smallest absolute Gasteiger partial charge is 0.332 e. The molecular weight excluding hydrogens is 482 g/mol. The molecule has 5 aromatic rings. The number of imidazole rings is 1. The Bertz CT molecular complexity index is 1700. The number of thiazole rings is 1. The van der Waals surface area contributed by atoms with E-state index in [1.165, 1.54) is 40.9 Å². The maximum atomic E-state index is 13.7. The summed E-state index contributed by atoms with van der Waals surface area (Å²) in [5.74, 6) is 0.440. The van der Waals surface area contributed by atoms with Crippen LogP contribution in [0.25, 0.3) is 21.4 Å². The summed E-state index contributed by atoms with van der Waals surface area (Å²) >= 11 is 1.38. The number of carbonyl (C=O) groups is 1. The Morgan fingerprint density at radius 3 is 2.75 bits per heavy atom. The van der Waals surface area contributed by atoms with E-state index in [-0.39, 0.29) is 30.2 Å². The number of fused-ring (bicyclic) bond motifs is 2. The van der Waals surface area contributed by atoms with Gasteiger partial charge in [0.05, 0.1) is 29.7 Å². The van der Waals surface area contributed by atoms with Crippen LogP contribution in [0.2, 0.25) is 0 Å². The van der Waals surface area contributed by atoms with Gasteiger partial charge in [-0.2, -0.15) is 0 Å². The number of ether oxygens (including phenoxy) is 1. The van der Waals surface area contributed by atoms with Gasteiger partial charge in [-0.3, -0.25) is 28.6 Å². The number of amides is 1. The highest BCUT2D eigenvalue weighted by Gasteiger charge is 2.23. The quantitative estimate of drug-likeness (QED) is 0.332. The zero-order valence-corrected chi connectivity index (χ0v) is 20.7. The number of hydrogen-bond acceptors (Lipinski definition) is 8. The van der Waals surface area contributed by atoms with Gasteiger partial charge >= 0.3 is 5.69 Å². The van der Waals surface area contributed by atoms with Crippen LogP contribution in [-0.4, -0.2) is 41.2 Å². The maximum Gasteiger partial charge on any atom is 0.332 e. The molecule has 4 aromatic heterocycles. The molecule has 12 heteroatoms. The molecule has 36 heavy (non-hydrogen) atoms. The Balaban J connectivity index is 1.55. The lowest BCUT2D eigenvalue weighted by Gasteiger charge is -2.20. The summed E-state index contributed by atoms with van der Waals surface area (Å²) in [6.45, 7) is 2.55. The van der Waals surface area contributed by atoms with Crippen LogP contribution < -0.4 is 20.9 Å². The van der Waals surface area contributed by atoms with Gasteiger partial charge in [0.2, 0.25) is 5.91 Å². The van der Waals surface area contributed by atoms with E-state index in [4.69, 9.17) is 9.72 Å². The van der Waals surface area contributed by atoms with Crippen molar-refractivity contribution in [3.05, 3.63) is 75.5 Å². The second-order valence-electron chi connectivity index (χ2n) is 8.15. The van der Waals surface area contributed by atoms with Gasteiger partial charge in [-0.15, -0.1) is 0 Å². The van der Waals surface area contributed by atoms with Gasteiger partial charge in [-0.05, 0) is 36.8 Å². The molecule has 0 aliphatic rings. The fourth-order valence-corrected chi connectivity index (χ4v) is 4.96. The van der Waals surface area contributed by atoms with Crippen molar-refractivity contribution in [3.63, 3.8) is 0 Å². The molecule has 0 saturated heterocycles. The number of nitrogens with zero attached hydrogens (tertiary/aromatic N) is 7. The average Bonchev–Trinajstić information content (AvgIpc) is 3.49. The van der Waals surface area contributed by atoms with Gasteiger partial charge in [0.25, 0.3) is 5.56 Å². The van der Waals surface area contributed by atoms with E-state index < -0.39 is 11.2 Å². The molecule has 11 nitrogen and oxygen atoms in total. The molecule has 184 valence electrons. The minimum Gasteiger partial charge on any atom is -0.494 e. The van der Waals surface area contributed by atoms with Gasteiger partial charge < -0.3 is 9.30 Å². The lowest BCUT2D eigenvalue weighted by Crippen LogP contribution is -2.38. The van der Waals surface area contributed by atoms with Crippen molar-refractivity contribution < 1.29 is 9.53 Å². The third-order valence-electron chi connectivity index (χ3n) is 5.78. The number of pyridine rings is 1. The van der Waals surface area contributed by atoms with E-state index in [1.807, 2.05) is 31.2 Å². The Labute approximate surface area is 208 Å². The van der Waals surface area contributed by atoms with Crippen molar-refractivity contribution in [2.45, 2.75) is 20.0 Å². The summed E-state index contributed by atoms with van der Waals surface area (Å²) in [5.41, 5.74) is 0.982. The van der Waals surface area contributed by atoms with Crippen molar-refractivity contribution in [2.24, 2.45) is 14.1 Å². The van der Waals surface area contributed by atoms with Crippen LogP contribution in [0.15, 0.2) is 58.6 Å². The number of carbonyl (C=O) groups excluding carboxylic acids is 1. The number of hydrogen-bond donors (Lipinski definition) is 0. The number of benzene rings is 1. The lowest BCUT2D eigenvalue weighted by atomic mass is 10.2. The summed E-state index contributed by atoms with van der Waals surface area (Å²) in [5, 5.41) is 0.511. The first-order valence-electron chi connectivity index (χ1n) is 11.2. The third-order valence-corrected chi connectivity index (χ3v) is 6.82. The van der Waals surface area contributed by atoms with E-state index in [0.717, 1.165) is 26.1 Å². The lowest BCUT2D eigenvalue weighted by molar-refractivity contribution is -0.119. The summed E-state index contributed by atoms with van der Waals surface area (Å²) in [6, 6.07) is 9.30. The molecule has 1 aromatic carbocycles. The van der Waals surface area contributed by atoms with Crippen molar-refractivity contribution >= 4 is 43.8 Å². The zero-order chi connectivity index (χ0) is 25.4. The molecule has 0 unspecified atom stereocenters. The number of aromatic nitrogens is 6. The van der Waals surface area contributed by atoms with Gasteiger partial charge in [0.15, 0.2) is 16.3 Å². The molecule has 1 amide bonds. The minimum atomic E-state index is -0.513. The molecule has 0 aliphatic heterocycles. The van der Waals surface area contributed by atoms with Crippen molar-refractivity contribution in [2.75, 3.05) is 11.5 Å². The second kappa shape index (κ2) is 9.38. The van der Waals surface area contributed by atoms with Crippen molar-refractivity contribution in [3.8, 4) is 5.75 Å². The SMILES string of the molecule is CCOc1ccc2nc(N(Cc3cccnc3)C(=O)Cn3cnc4c3c(=O)n(C)c(=O)n4C)sc2c1. The first kappa shape index (κ1) is 23.4. The van der Waals surface area contributed by atoms with E-state index in [2.05, 4.69) is 9.97 Å². The van der Waals surface area contributed by atoms with E-state index in [1.54, 1.807) is 23.4 Å². The van der Waals surface area contributed by atoms with Gasteiger partial charge in [-0.25, -0.2) is 14.8 Å². The molecule has 0 aliphatic carbocycles. The second-order valence-corrected chi connectivity index (χ2v) is 9.16. The summed E-state index contributed by atoms with van der Waals surface area (Å²) in [7, 11) is 2.94. The fraction of sp³-hybridized carbons (Fsp3) is 0.250. The highest BCUT2D eigenvalue weighted by molar-refractivity contribution is 7.22. The average molecular weight is 506 g/mol. The van der Waals surface area contributed by atoms with Crippen LogP contribution in [-0.2, 0) is 32.0 Å². The van der Waals surface area contributed by atoms with Crippen molar-refractivity contribution in [1.82, 2.24) is 28.7 Å². The van der Waals surface area contributed by atoms with Crippen molar-refractivity contribution in [1.29, 1.82) is 0 Å². The molecule has 0 atom stereocenters. The van der Waals surface area contributed by atoms with E-state index in [0.29, 0.717) is 11.7 Å². The Hall–Kier alpha value is -4.32. The first-order valence-corrected chi connectivity index (χ1v) is 12.0. The minimum absolute atomic E-state index is 0.162. The predicted octanol–water partition coefficient (Wildman–Crippen LogP) is 2.07. The zero-order valence-electron chi connectivity index (χ0n) is 19.9. The predicted molar refractivity (Wildman–Crippen MR) is 136 cm³/mol. The summed E-state index contributed by atoms with van der Waals surface area (Å²) in [4.78, 5) is 53.4. The molecule has 0 spiro atoms. The first-order chi connectivity index (χ1) is 17.4. The van der Waals surface area contributed by atoms with Crippen LogP contribution in [0.4, 0.5) is 5.13 Å². The molecule has 0 N–H and O–H groups in total. The monoisotopic (exact) mass is 505 g/mol. The molecule has 0 fully saturated rings.